The van der Waals surface area contributed by atoms with Gasteiger partial charge in [0.05, 0.1) is 37.3 Å². The largest absolute Gasteiger partial charge is 0.507 e. The Morgan fingerprint density at radius 2 is 2.03 bits per heavy atom. The number of methoxy groups -OCH3 is 1. The van der Waals surface area contributed by atoms with Crippen LogP contribution in [0.3, 0.4) is 0 Å². The molecule has 1 aromatic rings. The van der Waals surface area contributed by atoms with Crippen molar-refractivity contribution in [2.75, 3.05) is 53.7 Å². The summed E-state index contributed by atoms with van der Waals surface area (Å²) in [4.78, 5) is 12.9. The minimum absolute atomic E-state index is 0.0173. The molecule has 0 amide bonds. The van der Waals surface area contributed by atoms with Crippen LogP contribution in [-0.2, 0) is 20.8 Å². The van der Waals surface area contributed by atoms with Crippen LogP contribution in [0.5, 0.6) is 11.5 Å². The molecule has 0 spiro atoms. The number of morpholine rings is 1. The zero-order valence-corrected chi connectivity index (χ0v) is 25.0. The lowest BCUT2D eigenvalue weighted by molar-refractivity contribution is 0.0208. The van der Waals surface area contributed by atoms with Crippen LogP contribution < -0.4 is 4.74 Å². The van der Waals surface area contributed by atoms with E-state index in [-0.39, 0.29) is 11.2 Å². The summed E-state index contributed by atoms with van der Waals surface area (Å²) in [5, 5.41) is 19.7. The first-order chi connectivity index (χ1) is 18.7. The first-order valence-electron chi connectivity index (χ1n) is 13.7. The molecule has 1 aliphatic carbocycles. The predicted molar refractivity (Wildman–Crippen MR) is 157 cm³/mol. The Morgan fingerprint density at radius 3 is 2.72 bits per heavy atom. The van der Waals surface area contributed by atoms with Crippen LogP contribution in [0.25, 0.3) is 0 Å². The van der Waals surface area contributed by atoms with Crippen LogP contribution in [0, 0.1) is 18.3 Å². The van der Waals surface area contributed by atoms with Crippen molar-refractivity contribution in [1.29, 1.82) is 0 Å². The van der Waals surface area contributed by atoms with E-state index in [0.717, 1.165) is 63.4 Å². The molecule has 0 aromatic heterocycles. The number of nitrogens with zero attached hydrogens (tertiary/aromatic N) is 3. The summed E-state index contributed by atoms with van der Waals surface area (Å²) in [6.07, 6.45) is 11.4. The predicted octanol–water partition coefficient (Wildman–Crippen LogP) is 5.92. The third-order valence-electron chi connectivity index (χ3n) is 7.97. The van der Waals surface area contributed by atoms with Gasteiger partial charge in [-0.25, -0.2) is 0 Å². The lowest BCUT2D eigenvalue weighted by atomic mass is 9.67. The molecule has 1 saturated carbocycles. The molecular formula is C30H44ClN3O5. The van der Waals surface area contributed by atoms with Gasteiger partial charge >= 0.3 is 0 Å². The fraction of sp³-hybridized carbons (Fsp3) is 0.600. The number of oxime groups is 2. The van der Waals surface area contributed by atoms with Gasteiger partial charge in [-0.15, -0.1) is 0 Å². The maximum Gasteiger partial charge on any atom is 0.144 e. The van der Waals surface area contributed by atoms with E-state index in [2.05, 4.69) is 54.2 Å². The van der Waals surface area contributed by atoms with Gasteiger partial charge in [0, 0.05) is 30.8 Å². The van der Waals surface area contributed by atoms with Gasteiger partial charge in [-0.1, -0.05) is 59.6 Å². The monoisotopic (exact) mass is 561 g/mol. The van der Waals surface area contributed by atoms with E-state index >= 15 is 0 Å². The molecule has 1 heterocycles. The summed E-state index contributed by atoms with van der Waals surface area (Å²) in [6.45, 7) is 13.5. The molecule has 1 saturated heterocycles. The molecule has 0 unspecified atom stereocenters. The van der Waals surface area contributed by atoms with Crippen LogP contribution >= 0.6 is 11.6 Å². The van der Waals surface area contributed by atoms with E-state index in [1.165, 1.54) is 13.3 Å². The van der Waals surface area contributed by atoms with E-state index in [9.17, 15) is 5.11 Å². The Balaban J connectivity index is 1.67. The second-order valence-electron chi connectivity index (χ2n) is 10.7. The van der Waals surface area contributed by atoms with Crippen LogP contribution in [0.1, 0.15) is 56.7 Å². The van der Waals surface area contributed by atoms with E-state index in [4.69, 9.17) is 30.7 Å². The van der Waals surface area contributed by atoms with Crippen molar-refractivity contribution in [1.82, 2.24) is 4.90 Å². The molecule has 2 aliphatic rings. The highest BCUT2D eigenvalue weighted by atomic mass is 35.5. The van der Waals surface area contributed by atoms with E-state index in [1.807, 2.05) is 6.92 Å². The second-order valence-corrected chi connectivity index (χ2v) is 11.1. The molecule has 1 N–H and O–H groups in total. The number of allylic oxidation sites excluding steroid dienone is 4. The van der Waals surface area contributed by atoms with Crippen LogP contribution in [-0.4, -0.2) is 75.6 Å². The molecule has 2 fully saturated rings. The smallest absolute Gasteiger partial charge is 0.144 e. The van der Waals surface area contributed by atoms with Gasteiger partial charge in [0.15, 0.2) is 0 Å². The lowest BCUT2D eigenvalue weighted by Gasteiger charge is -2.37. The fourth-order valence-corrected chi connectivity index (χ4v) is 5.33. The highest BCUT2D eigenvalue weighted by Gasteiger charge is 2.34. The molecule has 8 nitrogen and oxygen atoms in total. The Labute approximate surface area is 238 Å². The number of phenols is 1. The van der Waals surface area contributed by atoms with Gasteiger partial charge in [0.2, 0.25) is 0 Å². The molecule has 1 aliphatic heterocycles. The van der Waals surface area contributed by atoms with E-state index in [1.54, 1.807) is 7.11 Å². The summed E-state index contributed by atoms with van der Waals surface area (Å²) in [5.41, 5.74) is 3.99. The molecule has 39 heavy (non-hydrogen) atoms. The molecule has 2 atom stereocenters. The fourth-order valence-electron chi connectivity index (χ4n) is 5.04. The topological polar surface area (TPSA) is 85.1 Å². The first kappa shape index (κ1) is 31.0. The summed E-state index contributed by atoms with van der Waals surface area (Å²) in [5.74, 6) is 1.08. The van der Waals surface area contributed by atoms with E-state index in [0.29, 0.717) is 46.4 Å². The second kappa shape index (κ2) is 14.7. The SMILES string of the molecule is CO/N=C/c1c(C)c(Cl)c(OC)c(C/C=C(C)/C=C/[C@]2(C)C/C(=N/OCCN3CCOCC3)CC[C@H]2C)c1O. The van der Waals surface area contributed by atoms with Crippen molar-refractivity contribution in [3.63, 3.8) is 0 Å². The lowest BCUT2D eigenvalue weighted by Crippen LogP contribution is -2.38. The number of phenolic OH excluding ortho intramolecular Hbond substituents is 1. The van der Waals surface area contributed by atoms with Gasteiger partial charge in [-0.2, -0.15) is 0 Å². The van der Waals surface area contributed by atoms with Gasteiger partial charge in [-0.05, 0) is 56.4 Å². The Bertz CT molecular complexity index is 1090. The number of hydrogen-bond donors (Lipinski definition) is 1. The quantitative estimate of drug-likeness (QED) is 0.156. The van der Waals surface area contributed by atoms with Crippen molar-refractivity contribution in [2.45, 2.75) is 53.4 Å². The van der Waals surface area contributed by atoms with E-state index < -0.39 is 0 Å². The summed E-state index contributed by atoms with van der Waals surface area (Å²) in [6, 6.07) is 0. The normalized spacial score (nSPS) is 24.1. The minimum atomic E-state index is -0.0173. The summed E-state index contributed by atoms with van der Waals surface area (Å²) in [7, 11) is 3.01. The van der Waals surface area contributed by atoms with Gasteiger partial charge in [0.25, 0.3) is 0 Å². The van der Waals surface area contributed by atoms with Crippen molar-refractivity contribution in [2.24, 2.45) is 21.6 Å². The Morgan fingerprint density at radius 1 is 1.28 bits per heavy atom. The maximum atomic E-state index is 11.0. The number of ether oxygens (including phenoxy) is 2. The first-order valence-corrected chi connectivity index (χ1v) is 14.1. The standard InChI is InChI=1S/C30H44ClN3O5/c1-21(7-10-25-28(35)26(20-32-37-6)23(3)27(31)29(25)36-5)11-12-30(4)19-24(9-8-22(30)2)33-39-18-15-34-13-16-38-17-14-34/h7,11-12,20,22,35H,8-10,13-19H2,1-6H3/b12-11+,21-7+,32-20+,33-24+/t22-,30-/m1/s1. The number of benzene rings is 1. The molecular weight excluding hydrogens is 518 g/mol. The van der Waals surface area contributed by atoms with Crippen molar-refractivity contribution in [3.05, 3.63) is 45.5 Å². The van der Waals surface area contributed by atoms with Crippen molar-refractivity contribution in [3.8, 4) is 11.5 Å². The highest BCUT2D eigenvalue weighted by Crippen LogP contribution is 2.42. The van der Waals surface area contributed by atoms with Crippen molar-refractivity contribution < 1.29 is 24.3 Å². The average Bonchev–Trinajstić information content (AvgIpc) is 2.93. The third kappa shape index (κ3) is 8.22. The number of hydrogen-bond acceptors (Lipinski definition) is 8. The van der Waals surface area contributed by atoms with Crippen molar-refractivity contribution >= 4 is 23.5 Å². The molecule has 3 rings (SSSR count). The number of aromatic hydroxyl groups is 1. The average molecular weight is 562 g/mol. The molecule has 9 heteroatoms. The number of rotatable bonds is 11. The van der Waals surface area contributed by atoms with Crippen LogP contribution in [0.15, 0.2) is 34.1 Å². The highest BCUT2D eigenvalue weighted by molar-refractivity contribution is 6.33. The Kier molecular flexibility index (Phi) is 11.7. The number of halogens is 1. The summed E-state index contributed by atoms with van der Waals surface area (Å²) >= 11 is 6.56. The molecule has 0 radical (unpaired) electrons. The minimum Gasteiger partial charge on any atom is -0.507 e. The van der Waals surface area contributed by atoms with Crippen LogP contribution in [0.4, 0.5) is 0 Å². The Hall–Kier alpha value is -2.55. The zero-order chi connectivity index (χ0) is 28.4. The molecule has 216 valence electrons. The van der Waals surface area contributed by atoms with Gasteiger partial charge < -0.3 is 24.3 Å². The van der Waals surface area contributed by atoms with Crippen LogP contribution in [0.2, 0.25) is 5.02 Å². The molecule has 0 bridgehead atoms. The third-order valence-corrected chi connectivity index (χ3v) is 8.42. The maximum absolute atomic E-state index is 11.0. The van der Waals surface area contributed by atoms with Gasteiger partial charge in [-0.3, -0.25) is 4.90 Å². The summed E-state index contributed by atoms with van der Waals surface area (Å²) < 4.78 is 11.0. The zero-order valence-electron chi connectivity index (χ0n) is 24.3. The van der Waals surface area contributed by atoms with Gasteiger partial charge in [0.1, 0.15) is 25.2 Å². The molecule has 1 aromatic carbocycles.